The van der Waals surface area contributed by atoms with E-state index in [9.17, 15) is 0 Å². The van der Waals surface area contributed by atoms with Crippen LogP contribution in [0.5, 0.6) is 0 Å². The van der Waals surface area contributed by atoms with E-state index in [0.717, 1.165) is 41.5 Å². The van der Waals surface area contributed by atoms with Crippen LogP contribution in [0.3, 0.4) is 0 Å². The number of rotatable bonds is 0. The van der Waals surface area contributed by atoms with Crippen LogP contribution in [-0.4, -0.2) is 79.3 Å². The van der Waals surface area contributed by atoms with E-state index in [2.05, 4.69) is 0 Å². The van der Waals surface area contributed by atoms with Crippen LogP contribution in [-0.2, 0) is 28.8 Å². The van der Waals surface area contributed by atoms with Gasteiger partial charge in [-0.3, -0.25) is 19.2 Å². The Bertz CT molecular complexity index is 261. The fourth-order valence-corrected chi connectivity index (χ4v) is 0. The second-order valence-electron chi connectivity index (χ2n) is 3.06. The van der Waals surface area contributed by atoms with Gasteiger partial charge >= 0.3 is 23.1 Å². The fourth-order valence-electron chi connectivity index (χ4n) is 0. The Morgan fingerprint density at radius 1 is 0.480 bits per heavy atom. The Kier molecular flexibility index (Phi) is 65.3. The van der Waals surface area contributed by atoms with Gasteiger partial charge in [-0.15, -0.1) is 0 Å². The fraction of sp³-hybridized carbons (Fsp3) is 0.500. The molecule has 0 aromatic carbocycles. The SMILES string of the molecule is CC(=O)O.CC(=O)O.CC(=O)O.CC(=O)O.CC(=O)[O-].CC(=O)[O-].[Mg+2]. The molecule has 0 bridgehead atoms. The molecular weight excluding hydrogens is 360 g/mol. The molecule has 0 aliphatic heterocycles. The molecule has 4 N–H and O–H groups in total. The second kappa shape index (κ2) is 37.7. The zero-order valence-corrected chi connectivity index (χ0v) is 16.2. The van der Waals surface area contributed by atoms with Crippen LogP contribution in [0, 0.1) is 0 Å². The van der Waals surface area contributed by atoms with Crippen LogP contribution in [0.25, 0.3) is 0 Å². The third-order valence-corrected chi connectivity index (χ3v) is 0. The van der Waals surface area contributed by atoms with Crippen molar-refractivity contribution in [2.75, 3.05) is 0 Å². The van der Waals surface area contributed by atoms with E-state index in [1.54, 1.807) is 0 Å². The van der Waals surface area contributed by atoms with Crippen molar-refractivity contribution in [1.82, 2.24) is 0 Å². The molecule has 0 aliphatic carbocycles. The van der Waals surface area contributed by atoms with Crippen molar-refractivity contribution in [3.63, 3.8) is 0 Å². The molecule has 0 atom stereocenters. The number of hydrogen-bond acceptors (Lipinski definition) is 8. The zero-order chi connectivity index (χ0) is 21.5. The minimum absolute atomic E-state index is 0. The van der Waals surface area contributed by atoms with E-state index >= 15 is 0 Å². The average molecular weight is 383 g/mol. The maximum absolute atomic E-state index is 9.00. The molecule has 0 aromatic rings. The van der Waals surface area contributed by atoms with Crippen molar-refractivity contribution in [2.45, 2.75) is 41.5 Å². The predicted molar refractivity (Wildman–Crippen MR) is 80.4 cm³/mol. The molecule has 0 spiro atoms. The van der Waals surface area contributed by atoms with Crippen LogP contribution < -0.4 is 10.2 Å². The first-order valence-electron chi connectivity index (χ1n) is 5.53. The van der Waals surface area contributed by atoms with Crippen LogP contribution in [0.4, 0.5) is 0 Å². The summed E-state index contributed by atoms with van der Waals surface area (Å²) in [5.74, 6) is -5.50. The van der Waals surface area contributed by atoms with Crippen molar-refractivity contribution in [1.29, 1.82) is 0 Å². The normalized spacial score (nSPS) is 6.00. The Labute approximate surface area is 160 Å². The summed E-state index contributed by atoms with van der Waals surface area (Å²) >= 11 is 0. The third kappa shape index (κ3) is 1420. The van der Waals surface area contributed by atoms with Gasteiger partial charge in [0, 0.05) is 39.6 Å². The number of hydrogen-bond donors (Lipinski definition) is 4. The molecular formula is C12H22MgO12. The predicted octanol–water partition coefficient (Wildman–Crippen LogP) is -2.50. The first kappa shape index (κ1) is 43.3. The van der Waals surface area contributed by atoms with Gasteiger partial charge in [0.05, 0.1) is 0 Å². The molecule has 0 heterocycles. The number of aliphatic carboxylic acids is 6. The Morgan fingerprint density at radius 2 is 0.480 bits per heavy atom. The molecule has 144 valence electrons. The molecule has 0 rings (SSSR count). The van der Waals surface area contributed by atoms with E-state index in [-0.39, 0.29) is 23.1 Å². The molecule has 0 unspecified atom stereocenters. The Hall–Kier alpha value is -2.41. The maximum Gasteiger partial charge on any atom is 2.00 e. The number of carbonyl (C=O) groups excluding carboxylic acids is 2. The van der Waals surface area contributed by atoms with E-state index in [1.807, 2.05) is 0 Å². The van der Waals surface area contributed by atoms with Crippen LogP contribution in [0.1, 0.15) is 41.5 Å². The van der Waals surface area contributed by atoms with E-state index in [1.165, 1.54) is 0 Å². The first-order valence-corrected chi connectivity index (χ1v) is 5.53. The summed E-state index contributed by atoms with van der Waals surface area (Å²) in [6.45, 7) is 6.28. The van der Waals surface area contributed by atoms with Crippen molar-refractivity contribution in [2.24, 2.45) is 0 Å². The first-order chi connectivity index (χ1) is 10.4. The molecule has 0 aromatic heterocycles. The summed E-state index contributed by atoms with van der Waals surface area (Å²) in [4.78, 5) is 53.8. The molecule has 0 fully saturated rings. The Morgan fingerprint density at radius 3 is 0.480 bits per heavy atom. The Balaban J connectivity index is -0.0000000309. The second-order valence-corrected chi connectivity index (χ2v) is 3.06. The van der Waals surface area contributed by atoms with E-state index in [4.69, 9.17) is 59.4 Å². The smallest absolute Gasteiger partial charge is 0.550 e. The summed E-state index contributed by atoms with van der Waals surface area (Å²) in [5.41, 5.74) is 0. The average Bonchev–Trinajstić information content (AvgIpc) is 2.08. The molecule has 0 saturated carbocycles. The number of carboxylic acid groups (broad SMARTS) is 6. The van der Waals surface area contributed by atoms with Gasteiger partial charge in [0.2, 0.25) is 0 Å². The quantitative estimate of drug-likeness (QED) is 0.318. The maximum atomic E-state index is 9.00. The topological polar surface area (TPSA) is 229 Å². The summed E-state index contributed by atoms with van der Waals surface area (Å²) < 4.78 is 0. The van der Waals surface area contributed by atoms with Crippen LogP contribution in [0.15, 0.2) is 0 Å². The summed E-state index contributed by atoms with van der Waals surface area (Å²) in [6.07, 6.45) is 0. The van der Waals surface area contributed by atoms with E-state index in [0.29, 0.717) is 0 Å². The largest absolute Gasteiger partial charge is 2.00 e. The minimum Gasteiger partial charge on any atom is -0.550 e. The standard InChI is InChI=1S/6C2H4O2.Mg/c6*1-2(3)4;/h6*1H3,(H,3,4);/q;;;;;;+2/p-2. The zero-order valence-electron chi connectivity index (χ0n) is 14.8. The number of carbonyl (C=O) groups is 6. The molecule has 0 aliphatic rings. The third-order valence-electron chi connectivity index (χ3n) is 0. The van der Waals surface area contributed by atoms with Gasteiger partial charge < -0.3 is 40.2 Å². The van der Waals surface area contributed by atoms with Gasteiger partial charge in [0.1, 0.15) is 0 Å². The summed E-state index contributed by atoms with van der Waals surface area (Å²) in [6, 6.07) is 0. The van der Waals surface area contributed by atoms with Gasteiger partial charge in [-0.25, -0.2) is 0 Å². The molecule has 0 amide bonds. The molecule has 25 heavy (non-hydrogen) atoms. The van der Waals surface area contributed by atoms with Gasteiger partial charge in [0.15, 0.2) is 0 Å². The van der Waals surface area contributed by atoms with Crippen LogP contribution >= 0.6 is 0 Å². The van der Waals surface area contributed by atoms with Gasteiger partial charge in [-0.1, -0.05) is 0 Å². The summed E-state index contributed by atoms with van der Waals surface area (Å²) in [5, 5.41) is 47.4. The van der Waals surface area contributed by atoms with Gasteiger partial charge in [-0.05, 0) is 13.8 Å². The van der Waals surface area contributed by atoms with Crippen molar-refractivity contribution in [3.05, 3.63) is 0 Å². The van der Waals surface area contributed by atoms with Crippen LogP contribution in [0.2, 0.25) is 0 Å². The molecule has 12 nitrogen and oxygen atoms in total. The van der Waals surface area contributed by atoms with Gasteiger partial charge in [-0.2, -0.15) is 0 Å². The molecule has 0 radical (unpaired) electrons. The number of carboxylic acids is 6. The minimum atomic E-state index is -1.08. The van der Waals surface area contributed by atoms with Crippen molar-refractivity contribution in [3.8, 4) is 0 Å². The van der Waals surface area contributed by atoms with Gasteiger partial charge in [0.25, 0.3) is 23.9 Å². The summed E-state index contributed by atoms with van der Waals surface area (Å²) in [7, 11) is 0. The molecule has 0 saturated heterocycles. The monoisotopic (exact) mass is 382 g/mol. The van der Waals surface area contributed by atoms with E-state index < -0.39 is 35.8 Å². The van der Waals surface area contributed by atoms with Crippen molar-refractivity contribution >= 4 is 58.9 Å². The molecule has 13 heteroatoms. The van der Waals surface area contributed by atoms with Crippen molar-refractivity contribution < 1.29 is 59.4 Å².